The van der Waals surface area contributed by atoms with Crippen LogP contribution in [-0.2, 0) is 12.0 Å². The third kappa shape index (κ3) is 4.02. The fourth-order valence-electron chi connectivity index (χ4n) is 6.49. The molecular weight excluding hydrogens is 564 g/mol. The maximum absolute atomic E-state index is 14.9. The summed E-state index contributed by atoms with van der Waals surface area (Å²) in [5.74, 6) is 3.92. The van der Waals surface area contributed by atoms with Crippen LogP contribution in [0.25, 0.3) is 0 Å². The third-order valence-corrected chi connectivity index (χ3v) is 8.67. The van der Waals surface area contributed by atoms with Crippen molar-refractivity contribution in [3.8, 4) is 46.0 Å². The Hall–Kier alpha value is -5.05. The van der Waals surface area contributed by atoms with Crippen LogP contribution in [0.5, 0.6) is 46.0 Å². The van der Waals surface area contributed by atoms with Gasteiger partial charge < -0.3 is 37.9 Å². The van der Waals surface area contributed by atoms with E-state index in [9.17, 15) is 4.79 Å². The van der Waals surface area contributed by atoms with Gasteiger partial charge in [-0.15, -0.1) is 0 Å². The Bertz CT molecular complexity index is 1750. The van der Waals surface area contributed by atoms with E-state index in [2.05, 4.69) is 0 Å². The van der Waals surface area contributed by atoms with Gasteiger partial charge in [0.05, 0.1) is 41.1 Å². The van der Waals surface area contributed by atoms with Gasteiger partial charge in [0.25, 0.3) is 0 Å². The van der Waals surface area contributed by atoms with Gasteiger partial charge in [-0.1, -0.05) is 24.3 Å². The molecule has 0 unspecified atom stereocenters. The highest BCUT2D eigenvalue weighted by molar-refractivity contribution is 6.12. The van der Waals surface area contributed by atoms with Crippen molar-refractivity contribution in [3.05, 3.63) is 94.5 Å². The molecule has 3 heterocycles. The van der Waals surface area contributed by atoms with Crippen molar-refractivity contribution in [1.29, 1.82) is 0 Å². The Labute approximate surface area is 255 Å². The maximum atomic E-state index is 14.9. The Morgan fingerprint density at radius 2 is 1.32 bits per heavy atom. The lowest BCUT2D eigenvalue weighted by atomic mass is 9.79. The van der Waals surface area contributed by atoms with Crippen molar-refractivity contribution in [1.82, 2.24) is 0 Å². The first-order chi connectivity index (χ1) is 21.4. The summed E-state index contributed by atoms with van der Waals surface area (Å²) in [5.41, 5.74) is 1.78. The van der Waals surface area contributed by atoms with Crippen LogP contribution in [0, 0.1) is 0 Å². The van der Waals surface area contributed by atoms with Crippen LogP contribution in [0.3, 0.4) is 0 Å². The molecule has 7 rings (SSSR count). The van der Waals surface area contributed by atoms with E-state index in [0.29, 0.717) is 64.2 Å². The van der Waals surface area contributed by atoms with Gasteiger partial charge in [-0.3, -0.25) is 4.79 Å². The van der Waals surface area contributed by atoms with Crippen LogP contribution in [0.15, 0.2) is 66.7 Å². The molecule has 3 aliphatic heterocycles. The number of benzene rings is 4. The van der Waals surface area contributed by atoms with Crippen molar-refractivity contribution in [3.63, 3.8) is 0 Å². The van der Waals surface area contributed by atoms with Crippen LogP contribution in [0.4, 0.5) is 0 Å². The summed E-state index contributed by atoms with van der Waals surface area (Å²) >= 11 is 0. The molecule has 4 aromatic carbocycles. The number of fused-ring (bicyclic) bond motifs is 5. The Kier molecular flexibility index (Phi) is 6.68. The van der Waals surface area contributed by atoms with Crippen molar-refractivity contribution >= 4 is 5.78 Å². The summed E-state index contributed by atoms with van der Waals surface area (Å²) in [6.45, 7) is 0. The highest BCUT2D eigenvalue weighted by Gasteiger charge is 2.65. The molecule has 0 saturated heterocycles. The number of methoxy groups -OCH3 is 5. The van der Waals surface area contributed by atoms with Crippen LogP contribution in [0.1, 0.15) is 51.2 Å². The minimum absolute atomic E-state index is 0.282. The molecule has 0 aliphatic carbocycles. The second kappa shape index (κ2) is 10.6. The molecule has 0 aromatic heterocycles. The minimum atomic E-state index is -1.62. The highest BCUT2D eigenvalue weighted by atomic mass is 16.6. The van der Waals surface area contributed by atoms with Gasteiger partial charge in [0.1, 0.15) is 57.7 Å². The molecule has 0 saturated carbocycles. The predicted molar refractivity (Wildman–Crippen MR) is 160 cm³/mol. The summed E-state index contributed by atoms with van der Waals surface area (Å²) in [6, 6.07) is 20.4. The van der Waals surface area contributed by atoms with E-state index in [0.717, 1.165) is 22.4 Å². The van der Waals surface area contributed by atoms with E-state index in [1.54, 1.807) is 40.6 Å². The summed E-state index contributed by atoms with van der Waals surface area (Å²) in [4.78, 5) is 14.9. The number of rotatable bonds is 7. The van der Waals surface area contributed by atoms with E-state index in [-0.39, 0.29) is 11.9 Å². The molecule has 4 aromatic rings. The molecule has 3 aliphatic rings. The molecule has 226 valence electrons. The first-order valence-electron chi connectivity index (χ1n) is 14.3. The largest absolute Gasteiger partial charge is 0.497 e. The Morgan fingerprint density at radius 1 is 0.682 bits per heavy atom. The van der Waals surface area contributed by atoms with Crippen LogP contribution in [-0.4, -0.2) is 41.3 Å². The zero-order chi connectivity index (χ0) is 30.6. The monoisotopic (exact) mass is 596 g/mol. The average Bonchev–Trinajstić information content (AvgIpc) is 3.57. The number of ketones is 1. The Balaban J connectivity index is 1.44. The molecule has 1 spiro atoms. The van der Waals surface area contributed by atoms with Crippen molar-refractivity contribution in [2.75, 3.05) is 35.5 Å². The zero-order valence-corrected chi connectivity index (χ0v) is 25.1. The van der Waals surface area contributed by atoms with Gasteiger partial charge in [-0.25, -0.2) is 0 Å². The number of carbonyl (C=O) groups excluding carboxylic acids is 1. The zero-order valence-electron chi connectivity index (χ0n) is 25.1. The first-order valence-corrected chi connectivity index (χ1v) is 14.3. The first kappa shape index (κ1) is 27.8. The van der Waals surface area contributed by atoms with Crippen molar-refractivity contribution < 1.29 is 42.7 Å². The van der Waals surface area contributed by atoms with E-state index in [4.69, 9.17) is 37.9 Å². The smallest absolute Gasteiger partial charge is 0.244 e. The number of hydrogen-bond acceptors (Lipinski definition) is 9. The second-order valence-corrected chi connectivity index (χ2v) is 10.8. The van der Waals surface area contributed by atoms with Gasteiger partial charge >= 0.3 is 0 Å². The molecular formula is C35H32O9. The fourth-order valence-corrected chi connectivity index (χ4v) is 6.49. The quantitative estimate of drug-likeness (QED) is 0.240. The molecule has 0 amide bonds. The van der Waals surface area contributed by atoms with E-state index >= 15 is 0 Å². The summed E-state index contributed by atoms with van der Waals surface area (Å²) in [6.07, 6.45) is 0.226. The molecule has 9 nitrogen and oxygen atoms in total. The molecule has 0 bridgehead atoms. The van der Waals surface area contributed by atoms with E-state index in [1.807, 2.05) is 54.6 Å². The van der Waals surface area contributed by atoms with Crippen LogP contribution < -0.4 is 37.9 Å². The van der Waals surface area contributed by atoms with Gasteiger partial charge in [0.2, 0.25) is 11.4 Å². The second-order valence-electron chi connectivity index (χ2n) is 10.8. The van der Waals surface area contributed by atoms with Gasteiger partial charge in [-0.05, 0) is 48.2 Å². The lowest BCUT2D eigenvalue weighted by Gasteiger charge is -2.33. The molecule has 3 atom stereocenters. The van der Waals surface area contributed by atoms with E-state index < -0.39 is 11.7 Å². The standard InChI is InChI=1S/C35H32O9/c1-37-21-10-6-19(7-11-21)25-15-14-24-26(40-4)18-29-31(32(24)42-25)35(34(43-29)20-8-12-22(38-2)13-9-20)33(36)30-27(41-5)16-23(39-3)17-28(30)44-35/h6-13,16-18,25,34H,14-15H2,1-5H3/t25-,34-,35+/m0/s1. The minimum Gasteiger partial charge on any atom is -0.497 e. The molecule has 0 fully saturated rings. The lowest BCUT2D eigenvalue weighted by molar-refractivity contribution is 0.00506. The maximum Gasteiger partial charge on any atom is 0.244 e. The molecule has 0 radical (unpaired) electrons. The fraction of sp³-hybridized carbons (Fsp3) is 0.286. The normalized spacial score (nSPS) is 20.9. The number of carbonyl (C=O) groups is 1. The number of hydrogen-bond donors (Lipinski definition) is 0. The topological polar surface area (TPSA) is 90.9 Å². The van der Waals surface area contributed by atoms with Gasteiger partial charge in [0, 0.05) is 23.8 Å². The average molecular weight is 597 g/mol. The molecule has 9 heteroatoms. The molecule has 44 heavy (non-hydrogen) atoms. The highest BCUT2D eigenvalue weighted by Crippen LogP contribution is 2.63. The van der Waals surface area contributed by atoms with E-state index in [1.165, 1.54) is 7.11 Å². The molecule has 0 N–H and O–H groups in total. The lowest BCUT2D eigenvalue weighted by Crippen LogP contribution is -2.42. The summed E-state index contributed by atoms with van der Waals surface area (Å²) in [5, 5.41) is 0. The third-order valence-electron chi connectivity index (χ3n) is 8.67. The van der Waals surface area contributed by atoms with Crippen LogP contribution >= 0.6 is 0 Å². The van der Waals surface area contributed by atoms with Gasteiger partial charge in [-0.2, -0.15) is 0 Å². The number of ether oxygens (including phenoxy) is 8. The van der Waals surface area contributed by atoms with Crippen molar-refractivity contribution in [2.45, 2.75) is 30.7 Å². The van der Waals surface area contributed by atoms with Crippen molar-refractivity contribution in [2.24, 2.45) is 0 Å². The SMILES string of the molecule is COc1ccc([C@@H]2CCc3c(OC)cc4c(c3O2)[C@]2(Oc3cc(OC)cc(OC)c3C2=O)[C@H](c2ccc(OC)cc2)O4)cc1. The van der Waals surface area contributed by atoms with Gasteiger partial charge in [0.15, 0.2) is 6.10 Å². The van der Waals surface area contributed by atoms with Crippen LogP contribution in [0.2, 0.25) is 0 Å². The Morgan fingerprint density at radius 3 is 1.93 bits per heavy atom. The summed E-state index contributed by atoms with van der Waals surface area (Å²) < 4.78 is 48.1. The summed E-state index contributed by atoms with van der Waals surface area (Å²) in [7, 11) is 7.93. The number of Topliss-reactive ketones (excluding diaryl/α,β-unsaturated/α-hetero) is 1. The predicted octanol–water partition coefficient (Wildman–Crippen LogP) is 6.40.